The van der Waals surface area contributed by atoms with E-state index in [-0.39, 0.29) is 18.5 Å². The van der Waals surface area contributed by atoms with Gasteiger partial charge in [-0.3, -0.25) is 19.6 Å². The normalized spacial score (nSPS) is 18.7. The van der Waals surface area contributed by atoms with Crippen molar-refractivity contribution in [3.8, 4) is 16.9 Å². The number of amides is 4. The number of carbonyl (C=O) groups excluding carboxylic acids is 3. The summed E-state index contributed by atoms with van der Waals surface area (Å²) in [5.41, 5.74) is 3.63. The number of nitrogens with one attached hydrogen (secondary N) is 2. The molecule has 4 aromatic rings. The molecule has 192 valence electrons. The summed E-state index contributed by atoms with van der Waals surface area (Å²) in [5, 5.41) is 10.7. The van der Waals surface area contributed by atoms with Crippen molar-refractivity contribution >= 4 is 28.7 Å². The molecular weight excluding hydrogens is 482 g/mol. The quantitative estimate of drug-likeness (QED) is 0.383. The highest BCUT2D eigenvalue weighted by Gasteiger charge is 2.50. The van der Waals surface area contributed by atoms with Gasteiger partial charge in [-0.1, -0.05) is 36.4 Å². The predicted octanol–water partition coefficient (Wildman–Crippen LogP) is 3.98. The number of hydrogen-bond acceptors (Lipinski definition) is 5. The second kappa shape index (κ2) is 8.72. The molecular formula is C29H27N5O4. The largest absolute Gasteiger partial charge is 0.497 e. The summed E-state index contributed by atoms with van der Waals surface area (Å²) < 4.78 is 7.25. The van der Waals surface area contributed by atoms with Gasteiger partial charge in [0.15, 0.2) is 5.54 Å². The number of aromatic nitrogens is 2. The van der Waals surface area contributed by atoms with Gasteiger partial charge >= 0.3 is 6.03 Å². The average molecular weight is 510 g/mol. The molecule has 1 fully saturated rings. The predicted molar refractivity (Wildman–Crippen MR) is 142 cm³/mol. The second-order valence-electron chi connectivity index (χ2n) is 10.0. The number of benzene rings is 3. The molecule has 2 N–H and O–H groups in total. The number of rotatable bonds is 6. The molecule has 0 unspecified atom stereocenters. The highest BCUT2D eigenvalue weighted by Crippen LogP contribution is 2.34. The smallest absolute Gasteiger partial charge is 0.322 e. The Kier molecular flexibility index (Phi) is 5.45. The Morgan fingerprint density at radius 2 is 1.76 bits per heavy atom. The number of ether oxygens (including phenoxy) is 1. The molecule has 0 bridgehead atoms. The van der Waals surface area contributed by atoms with E-state index in [4.69, 9.17) is 4.74 Å². The standard InChI is InChI=1S/C29H27N5O4/c1-17(2)34-25-11-7-19(12-21(25)14-30-34)18-4-8-22(9-5-18)29(27(36)31-28(37)32-29)16-33-15-20-6-10-23(38-3)13-24(20)26(33)35/h4-14,17H,15-16H2,1-3H3,(H2,31,32,36,37)/t29-/m0/s1. The number of methoxy groups -OCH3 is 1. The maximum atomic E-state index is 13.2. The van der Waals surface area contributed by atoms with Crippen molar-refractivity contribution in [1.29, 1.82) is 0 Å². The Morgan fingerprint density at radius 1 is 1.00 bits per heavy atom. The lowest BCUT2D eigenvalue weighted by atomic mass is 9.88. The lowest BCUT2D eigenvalue weighted by Gasteiger charge is -2.31. The first kappa shape index (κ1) is 23.7. The van der Waals surface area contributed by atoms with E-state index in [0.717, 1.165) is 27.6 Å². The Morgan fingerprint density at radius 3 is 2.45 bits per heavy atom. The molecule has 1 saturated heterocycles. The molecule has 3 heterocycles. The van der Waals surface area contributed by atoms with Gasteiger partial charge in [0.05, 0.1) is 25.4 Å². The van der Waals surface area contributed by atoms with Crippen molar-refractivity contribution in [2.45, 2.75) is 32.0 Å². The van der Waals surface area contributed by atoms with Crippen LogP contribution in [0, 0.1) is 0 Å². The number of urea groups is 1. The van der Waals surface area contributed by atoms with Crippen molar-refractivity contribution in [3.63, 3.8) is 0 Å². The first-order valence-corrected chi connectivity index (χ1v) is 12.5. The van der Waals surface area contributed by atoms with Crippen LogP contribution in [0.4, 0.5) is 4.79 Å². The van der Waals surface area contributed by atoms with Crippen LogP contribution in [0.2, 0.25) is 0 Å². The van der Waals surface area contributed by atoms with Crippen molar-refractivity contribution in [1.82, 2.24) is 25.3 Å². The number of fused-ring (bicyclic) bond motifs is 2. The van der Waals surface area contributed by atoms with E-state index in [1.165, 1.54) is 0 Å². The molecule has 0 saturated carbocycles. The summed E-state index contributed by atoms with van der Waals surface area (Å²) in [6, 6.07) is 18.7. The zero-order valence-corrected chi connectivity index (χ0v) is 21.3. The number of imide groups is 1. The lowest BCUT2D eigenvalue weighted by molar-refractivity contribution is -0.124. The van der Waals surface area contributed by atoms with Crippen LogP contribution in [0.15, 0.2) is 66.9 Å². The van der Waals surface area contributed by atoms with Crippen LogP contribution in [0.3, 0.4) is 0 Å². The van der Waals surface area contributed by atoms with Gasteiger partial charge in [0.25, 0.3) is 11.8 Å². The monoisotopic (exact) mass is 509 g/mol. The molecule has 0 spiro atoms. The third kappa shape index (κ3) is 3.70. The van der Waals surface area contributed by atoms with E-state index in [1.807, 2.05) is 47.3 Å². The molecule has 2 aliphatic rings. The van der Waals surface area contributed by atoms with Crippen LogP contribution in [0.5, 0.6) is 5.75 Å². The Balaban J connectivity index is 1.31. The highest BCUT2D eigenvalue weighted by atomic mass is 16.5. The van der Waals surface area contributed by atoms with Crippen LogP contribution in [-0.4, -0.2) is 46.2 Å². The van der Waals surface area contributed by atoms with Gasteiger partial charge in [0.1, 0.15) is 5.75 Å². The average Bonchev–Trinajstić information content (AvgIpc) is 3.57. The molecule has 0 aliphatic carbocycles. The van der Waals surface area contributed by atoms with Gasteiger partial charge in [-0.25, -0.2) is 4.79 Å². The third-order valence-electron chi connectivity index (χ3n) is 7.36. The van der Waals surface area contributed by atoms with Gasteiger partial charge in [-0.15, -0.1) is 0 Å². The number of nitrogens with zero attached hydrogens (tertiary/aromatic N) is 3. The maximum Gasteiger partial charge on any atom is 0.322 e. The molecule has 1 atom stereocenters. The summed E-state index contributed by atoms with van der Waals surface area (Å²) in [5.74, 6) is -0.107. The van der Waals surface area contributed by atoms with Crippen LogP contribution < -0.4 is 15.4 Å². The van der Waals surface area contributed by atoms with Crippen molar-refractivity contribution < 1.29 is 19.1 Å². The number of carbonyl (C=O) groups is 3. The summed E-state index contributed by atoms with van der Waals surface area (Å²) in [6.45, 7) is 4.53. The maximum absolute atomic E-state index is 13.2. The van der Waals surface area contributed by atoms with E-state index in [2.05, 4.69) is 41.7 Å². The third-order valence-corrected chi connectivity index (χ3v) is 7.36. The van der Waals surface area contributed by atoms with E-state index >= 15 is 0 Å². The molecule has 2 aliphatic heterocycles. The van der Waals surface area contributed by atoms with Crippen molar-refractivity contribution in [2.24, 2.45) is 0 Å². The molecule has 9 heteroatoms. The van der Waals surface area contributed by atoms with Gasteiger partial charge in [0, 0.05) is 23.5 Å². The van der Waals surface area contributed by atoms with E-state index in [1.54, 1.807) is 24.1 Å². The second-order valence-corrected chi connectivity index (χ2v) is 10.0. The van der Waals surface area contributed by atoms with E-state index in [9.17, 15) is 14.4 Å². The Hall–Kier alpha value is -4.66. The van der Waals surface area contributed by atoms with Gasteiger partial charge in [-0.2, -0.15) is 5.10 Å². The molecule has 3 aromatic carbocycles. The van der Waals surface area contributed by atoms with Gasteiger partial charge in [0.2, 0.25) is 0 Å². The fraction of sp³-hybridized carbons (Fsp3) is 0.241. The highest BCUT2D eigenvalue weighted by molar-refractivity contribution is 6.08. The molecule has 6 rings (SSSR count). The van der Waals surface area contributed by atoms with Crippen LogP contribution in [0.1, 0.15) is 41.4 Å². The van der Waals surface area contributed by atoms with Crippen molar-refractivity contribution in [2.75, 3.05) is 13.7 Å². The van der Waals surface area contributed by atoms with Gasteiger partial charge in [-0.05, 0) is 60.4 Å². The molecule has 1 aromatic heterocycles. The van der Waals surface area contributed by atoms with Crippen LogP contribution >= 0.6 is 0 Å². The van der Waals surface area contributed by atoms with E-state index < -0.39 is 17.5 Å². The molecule has 9 nitrogen and oxygen atoms in total. The zero-order chi connectivity index (χ0) is 26.6. The minimum Gasteiger partial charge on any atom is -0.497 e. The zero-order valence-electron chi connectivity index (χ0n) is 21.3. The fourth-order valence-electron chi connectivity index (χ4n) is 5.37. The minimum atomic E-state index is -1.40. The molecule has 0 radical (unpaired) electrons. The first-order valence-electron chi connectivity index (χ1n) is 12.5. The van der Waals surface area contributed by atoms with Crippen molar-refractivity contribution in [3.05, 3.63) is 83.6 Å². The molecule has 38 heavy (non-hydrogen) atoms. The number of hydrogen-bond donors (Lipinski definition) is 2. The van der Waals surface area contributed by atoms with E-state index in [0.29, 0.717) is 23.4 Å². The topological polar surface area (TPSA) is 106 Å². The Labute approximate surface area is 219 Å². The molecule has 4 amide bonds. The lowest BCUT2D eigenvalue weighted by Crippen LogP contribution is -2.52. The summed E-state index contributed by atoms with van der Waals surface area (Å²) in [4.78, 5) is 40.3. The SMILES string of the molecule is COc1ccc2c(c1)C(=O)N(C[C@@]1(c3ccc(-c4ccc5c(cnn5C(C)C)c4)cc3)NC(=O)NC1=O)C2. The minimum absolute atomic E-state index is 0.0000942. The summed E-state index contributed by atoms with van der Waals surface area (Å²) in [6.07, 6.45) is 1.86. The summed E-state index contributed by atoms with van der Waals surface area (Å²) >= 11 is 0. The van der Waals surface area contributed by atoms with Crippen LogP contribution in [-0.2, 0) is 16.9 Å². The first-order chi connectivity index (χ1) is 18.3. The fourth-order valence-corrected chi connectivity index (χ4v) is 5.37. The van der Waals surface area contributed by atoms with Gasteiger partial charge < -0.3 is 15.0 Å². The Bertz CT molecular complexity index is 1610. The van der Waals surface area contributed by atoms with Crippen LogP contribution in [0.25, 0.3) is 22.0 Å². The summed E-state index contributed by atoms with van der Waals surface area (Å²) in [7, 11) is 1.55.